The van der Waals surface area contributed by atoms with Gasteiger partial charge in [0.2, 0.25) is 0 Å². The van der Waals surface area contributed by atoms with Crippen LogP contribution in [-0.2, 0) is 6.42 Å². The molecule has 0 aliphatic rings. The first-order valence-electron chi connectivity index (χ1n) is 6.69. The fraction of sp³-hybridized carbons (Fsp3) is 0.600. The number of nitrogens with zero attached hydrogens (tertiary/aromatic N) is 1. The second kappa shape index (κ2) is 9.49. The fourth-order valence-electron chi connectivity index (χ4n) is 1.99. The summed E-state index contributed by atoms with van der Waals surface area (Å²) in [6.07, 6.45) is 4.94. The Morgan fingerprint density at radius 2 is 1.71 bits per heavy atom. The quantitative estimate of drug-likeness (QED) is 0.602. The van der Waals surface area contributed by atoms with E-state index < -0.39 is 0 Å². The largest absolute Gasteiger partial charge is 0.302 e. The van der Waals surface area contributed by atoms with Gasteiger partial charge in [-0.3, -0.25) is 0 Å². The zero-order chi connectivity index (χ0) is 12.3. The maximum atomic E-state index is 5.83. The highest BCUT2D eigenvalue weighted by atomic mass is 35.5. The van der Waals surface area contributed by atoms with Crippen LogP contribution in [0.25, 0.3) is 0 Å². The number of unbranched alkanes of at least 4 members (excludes halogenated alkanes) is 1. The van der Waals surface area contributed by atoms with Gasteiger partial charge in [-0.1, -0.05) is 43.7 Å². The van der Waals surface area contributed by atoms with E-state index in [4.69, 9.17) is 11.6 Å². The Hall–Kier alpha value is -0.530. The minimum absolute atomic E-state index is 0.745. The van der Waals surface area contributed by atoms with Gasteiger partial charge < -0.3 is 4.90 Å². The summed E-state index contributed by atoms with van der Waals surface area (Å²) < 4.78 is 0. The topological polar surface area (TPSA) is 3.24 Å². The fourth-order valence-corrected chi connectivity index (χ4v) is 2.23. The van der Waals surface area contributed by atoms with E-state index in [0.29, 0.717) is 0 Å². The van der Waals surface area contributed by atoms with Crippen molar-refractivity contribution in [2.75, 3.05) is 25.5 Å². The zero-order valence-electron chi connectivity index (χ0n) is 10.9. The Morgan fingerprint density at radius 1 is 1.00 bits per heavy atom. The summed E-state index contributed by atoms with van der Waals surface area (Å²) >= 11 is 5.83. The lowest BCUT2D eigenvalue weighted by atomic mass is 10.1. The van der Waals surface area contributed by atoms with Crippen molar-refractivity contribution in [1.82, 2.24) is 4.90 Å². The molecule has 0 aliphatic carbocycles. The van der Waals surface area contributed by atoms with Crippen molar-refractivity contribution >= 4 is 11.6 Å². The van der Waals surface area contributed by atoms with Gasteiger partial charge in [0.15, 0.2) is 0 Å². The van der Waals surface area contributed by atoms with Gasteiger partial charge in [0.1, 0.15) is 0 Å². The van der Waals surface area contributed by atoms with E-state index in [1.54, 1.807) is 0 Å². The molecule has 0 aliphatic heterocycles. The van der Waals surface area contributed by atoms with Crippen LogP contribution in [0.5, 0.6) is 0 Å². The van der Waals surface area contributed by atoms with E-state index in [2.05, 4.69) is 42.2 Å². The van der Waals surface area contributed by atoms with Crippen molar-refractivity contribution < 1.29 is 0 Å². The van der Waals surface area contributed by atoms with Crippen LogP contribution in [0.2, 0.25) is 0 Å². The summed E-state index contributed by atoms with van der Waals surface area (Å²) in [5.74, 6) is 0.745. The SMILES string of the molecule is CCCCN(CCCl)CCCc1ccccc1. The number of hydrogen-bond donors (Lipinski definition) is 0. The summed E-state index contributed by atoms with van der Waals surface area (Å²) in [6, 6.07) is 10.7. The molecule has 2 heteroatoms. The van der Waals surface area contributed by atoms with Gasteiger partial charge >= 0.3 is 0 Å². The molecule has 0 saturated carbocycles. The summed E-state index contributed by atoms with van der Waals surface area (Å²) in [5.41, 5.74) is 1.44. The second-order valence-electron chi connectivity index (χ2n) is 4.47. The third-order valence-electron chi connectivity index (χ3n) is 3.01. The number of rotatable bonds is 9. The average molecular weight is 254 g/mol. The molecule has 1 nitrogen and oxygen atoms in total. The molecular weight excluding hydrogens is 230 g/mol. The van der Waals surface area contributed by atoms with Crippen molar-refractivity contribution in [3.8, 4) is 0 Å². The number of hydrogen-bond acceptors (Lipinski definition) is 1. The molecule has 1 aromatic carbocycles. The van der Waals surface area contributed by atoms with Gasteiger partial charge in [0.25, 0.3) is 0 Å². The van der Waals surface area contributed by atoms with Gasteiger partial charge in [0.05, 0.1) is 0 Å². The molecular formula is C15H24ClN. The molecule has 0 unspecified atom stereocenters. The zero-order valence-corrected chi connectivity index (χ0v) is 11.6. The van der Waals surface area contributed by atoms with Gasteiger partial charge in [-0.25, -0.2) is 0 Å². The third-order valence-corrected chi connectivity index (χ3v) is 3.18. The summed E-state index contributed by atoms with van der Waals surface area (Å²) in [4.78, 5) is 2.49. The summed E-state index contributed by atoms with van der Waals surface area (Å²) in [7, 11) is 0. The molecule has 0 heterocycles. The van der Waals surface area contributed by atoms with E-state index in [9.17, 15) is 0 Å². The molecule has 0 atom stereocenters. The average Bonchev–Trinajstić information content (AvgIpc) is 2.37. The minimum atomic E-state index is 0.745. The van der Waals surface area contributed by atoms with Gasteiger partial charge in [-0.2, -0.15) is 0 Å². The molecule has 1 aromatic rings. The minimum Gasteiger partial charge on any atom is -0.302 e. The molecule has 0 aromatic heterocycles. The van der Waals surface area contributed by atoms with Crippen LogP contribution in [-0.4, -0.2) is 30.4 Å². The van der Waals surface area contributed by atoms with Crippen LogP contribution in [0.3, 0.4) is 0 Å². The highest BCUT2D eigenvalue weighted by Crippen LogP contribution is 2.04. The molecule has 0 N–H and O–H groups in total. The molecule has 0 saturated heterocycles. The van der Waals surface area contributed by atoms with Crippen molar-refractivity contribution in [3.63, 3.8) is 0 Å². The lowest BCUT2D eigenvalue weighted by Crippen LogP contribution is -2.28. The van der Waals surface area contributed by atoms with E-state index in [1.165, 1.54) is 44.3 Å². The Labute approximate surface area is 111 Å². The molecule has 17 heavy (non-hydrogen) atoms. The molecule has 0 bridgehead atoms. The number of alkyl halides is 1. The predicted octanol–water partition coefficient (Wildman–Crippen LogP) is 3.96. The molecule has 0 radical (unpaired) electrons. The number of aryl methyl sites for hydroxylation is 1. The summed E-state index contributed by atoms with van der Waals surface area (Å²) in [5, 5.41) is 0. The highest BCUT2D eigenvalue weighted by molar-refractivity contribution is 6.18. The first kappa shape index (κ1) is 14.5. The first-order chi connectivity index (χ1) is 8.36. The van der Waals surface area contributed by atoms with E-state index >= 15 is 0 Å². The maximum absolute atomic E-state index is 5.83. The smallest absolute Gasteiger partial charge is 0.0351 e. The lowest BCUT2D eigenvalue weighted by Gasteiger charge is -2.20. The lowest BCUT2D eigenvalue weighted by molar-refractivity contribution is 0.281. The van der Waals surface area contributed by atoms with Crippen LogP contribution in [0, 0.1) is 0 Å². The van der Waals surface area contributed by atoms with Crippen LogP contribution >= 0.6 is 11.6 Å². The maximum Gasteiger partial charge on any atom is 0.0351 e. The van der Waals surface area contributed by atoms with Crippen molar-refractivity contribution in [2.24, 2.45) is 0 Å². The van der Waals surface area contributed by atoms with Crippen molar-refractivity contribution in [3.05, 3.63) is 35.9 Å². The van der Waals surface area contributed by atoms with E-state index in [0.717, 1.165) is 12.4 Å². The van der Waals surface area contributed by atoms with Crippen LogP contribution in [0.1, 0.15) is 31.7 Å². The monoisotopic (exact) mass is 253 g/mol. The highest BCUT2D eigenvalue weighted by Gasteiger charge is 2.03. The number of halogens is 1. The third kappa shape index (κ3) is 6.70. The Bertz CT molecular complexity index is 274. The van der Waals surface area contributed by atoms with Gasteiger partial charge in [0, 0.05) is 12.4 Å². The molecule has 96 valence electrons. The van der Waals surface area contributed by atoms with E-state index in [1.807, 2.05) is 0 Å². The normalized spacial score (nSPS) is 11.0. The first-order valence-corrected chi connectivity index (χ1v) is 7.22. The van der Waals surface area contributed by atoms with Gasteiger partial charge in [-0.05, 0) is 37.9 Å². The van der Waals surface area contributed by atoms with Crippen LogP contribution < -0.4 is 0 Å². The standard InChI is InChI=1S/C15H24ClN/c1-2-3-12-17(14-11-16)13-7-10-15-8-5-4-6-9-15/h4-6,8-9H,2-3,7,10-14H2,1H3. The molecule has 0 fully saturated rings. The van der Waals surface area contributed by atoms with Crippen LogP contribution in [0.15, 0.2) is 30.3 Å². The Balaban J connectivity index is 2.22. The molecule has 0 spiro atoms. The molecule has 0 amide bonds. The van der Waals surface area contributed by atoms with Gasteiger partial charge in [-0.15, -0.1) is 11.6 Å². The number of benzene rings is 1. The molecule has 1 rings (SSSR count). The van der Waals surface area contributed by atoms with E-state index in [-0.39, 0.29) is 0 Å². The van der Waals surface area contributed by atoms with Crippen molar-refractivity contribution in [2.45, 2.75) is 32.6 Å². The van der Waals surface area contributed by atoms with Crippen LogP contribution in [0.4, 0.5) is 0 Å². The Kier molecular flexibility index (Phi) is 8.12. The second-order valence-corrected chi connectivity index (χ2v) is 4.85. The van der Waals surface area contributed by atoms with Crippen molar-refractivity contribution in [1.29, 1.82) is 0 Å². The Morgan fingerprint density at radius 3 is 2.35 bits per heavy atom. The summed E-state index contributed by atoms with van der Waals surface area (Å²) in [6.45, 7) is 5.62. The predicted molar refractivity (Wildman–Crippen MR) is 76.8 cm³/mol.